The van der Waals surface area contributed by atoms with Gasteiger partial charge in [0, 0.05) is 26.4 Å². The van der Waals surface area contributed by atoms with Gasteiger partial charge in [-0.2, -0.15) is 10.2 Å². The van der Waals surface area contributed by atoms with E-state index in [0.29, 0.717) is 46.7 Å². The summed E-state index contributed by atoms with van der Waals surface area (Å²) in [6.07, 6.45) is 4.50. The lowest BCUT2D eigenvalue weighted by Crippen LogP contribution is -2.31. The van der Waals surface area contributed by atoms with Crippen LogP contribution in [-0.4, -0.2) is 69.9 Å². The van der Waals surface area contributed by atoms with E-state index < -0.39 is 6.03 Å². The van der Waals surface area contributed by atoms with Gasteiger partial charge in [0.15, 0.2) is 5.82 Å². The molecular weight excluding hydrogens is 454 g/mol. The zero-order valence-electron chi connectivity index (χ0n) is 17.7. The summed E-state index contributed by atoms with van der Waals surface area (Å²) < 4.78 is 5.18. The van der Waals surface area contributed by atoms with E-state index in [9.17, 15) is 4.79 Å². The number of amides is 2. The van der Waals surface area contributed by atoms with Crippen LogP contribution in [-0.2, 0) is 4.74 Å². The molecule has 3 rings (SSSR count). The van der Waals surface area contributed by atoms with Gasteiger partial charge in [0.25, 0.3) is 0 Å². The number of aliphatic imine (C=N–C) groups is 1. The molecule has 0 atom stereocenters. The second-order valence-electron chi connectivity index (χ2n) is 6.48. The maximum absolute atomic E-state index is 12.7. The van der Waals surface area contributed by atoms with Crippen LogP contribution >= 0.6 is 22.9 Å². The fourth-order valence-corrected chi connectivity index (χ4v) is 3.70. The van der Waals surface area contributed by atoms with Crippen molar-refractivity contribution in [2.75, 3.05) is 32.6 Å². The highest BCUT2D eigenvalue weighted by Gasteiger charge is 2.19. The Morgan fingerprint density at radius 1 is 1.38 bits per heavy atom. The third kappa shape index (κ3) is 5.46. The standard InChI is InChI=1S/C19H22ClN9O2S/c1-12(16(28(3)7-8-31-4)15-18(21-2)32-11-23-15)26-19(30)27-13-9-14(20)17(22-10-13)29-24-5-6-25-29/h5-6,9-11H,2,7-8H2,1,3-4H3,(H2,26,27,30)/b16-12-. The topological polar surface area (TPSA) is 122 Å². The zero-order valence-corrected chi connectivity index (χ0v) is 19.3. The average molecular weight is 476 g/mol. The van der Waals surface area contributed by atoms with Crippen LogP contribution in [0, 0.1) is 0 Å². The number of hydrogen-bond acceptors (Lipinski definition) is 9. The summed E-state index contributed by atoms with van der Waals surface area (Å²) in [6, 6.07) is 1.10. The van der Waals surface area contributed by atoms with Gasteiger partial charge < -0.3 is 20.3 Å². The number of anilines is 1. The number of carbonyl (C=O) groups is 1. The third-order valence-electron chi connectivity index (χ3n) is 4.27. The highest BCUT2D eigenvalue weighted by Crippen LogP contribution is 2.32. The molecule has 0 aliphatic heterocycles. The molecule has 0 radical (unpaired) electrons. The minimum Gasteiger partial charge on any atom is -0.383 e. The number of thiazole rings is 1. The molecule has 168 valence electrons. The predicted octanol–water partition coefficient (Wildman–Crippen LogP) is 3.19. The molecule has 11 nitrogen and oxygen atoms in total. The van der Waals surface area contributed by atoms with E-state index in [-0.39, 0.29) is 5.02 Å². The molecule has 3 aromatic heterocycles. The Kier molecular flexibility index (Phi) is 7.87. The molecule has 0 saturated heterocycles. The van der Waals surface area contributed by atoms with Crippen molar-refractivity contribution in [1.29, 1.82) is 0 Å². The molecular formula is C19H22ClN9O2S. The number of allylic oxidation sites excluding steroid dienone is 1. The van der Waals surface area contributed by atoms with Gasteiger partial charge in [0.05, 0.1) is 47.1 Å². The van der Waals surface area contributed by atoms with E-state index in [1.165, 1.54) is 34.7 Å². The molecule has 13 heteroatoms. The number of nitrogens with one attached hydrogen (secondary N) is 2. The lowest BCUT2D eigenvalue weighted by atomic mass is 10.2. The van der Waals surface area contributed by atoms with Crippen LogP contribution in [0.1, 0.15) is 12.6 Å². The van der Waals surface area contributed by atoms with E-state index in [1.54, 1.807) is 25.6 Å². The maximum Gasteiger partial charge on any atom is 0.323 e. The Morgan fingerprint density at radius 3 is 2.78 bits per heavy atom. The lowest BCUT2D eigenvalue weighted by molar-refractivity contribution is 0.180. The highest BCUT2D eigenvalue weighted by atomic mass is 35.5. The van der Waals surface area contributed by atoms with Crippen LogP contribution in [0.2, 0.25) is 5.02 Å². The molecule has 2 amide bonds. The summed E-state index contributed by atoms with van der Waals surface area (Å²) in [7, 11) is 3.51. The Morgan fingerprint density at radius 2 is 2.12 bits per heavy atom. The van der Waals surface area contributed by atoms with Crippen LogP contribution in [0.4, 0.5) is 15.5 Å². The van der Waals surface area contributed by atoms with Gasteiger partial charge in [-0.25, -0.2) is 14.8 Å². The highest BCUT2D eigenvalue weighted by molar-refractivity contribution is 7.13. The largest absolute Gasteiger partial charge is 0.383 e. The van der Waals surface area contributed by atoms with E-state index >= 15 is 0 Å². The number of urea groups is 1. The number of aromatic nitrogens is 5. The van der Waals surface area contributed by atoms with Gasteiger partial charge in [-0.05, 0) is 19.7 Å². The molecule has 0 spiro atoms. The van der Waals surface area contributed by atoms with Crippen molar-refractivity contribution in [2.45, 2.75) is 6.92 Å². The molecule has 2 N–H and O–H groups in total. The van der Waals surface area contributed by atoms with E-state index in [1.807, 2.05) is 11.9 Å². The van der Waals surface area contributed by atoms with Crippen molar-refractivity contribution < 1.29 is 9.53 Å². The van der Waals surface area contributed by atoms with Crippen LogP contribution in [0.3, 0.4) is 0 Å². The molecule has 0 aromatic carbocycles. The van der Waals surface area contributed by atoms with Crippen LogP contribution in [0.15, 0.2) is 40.9 Å². The van der Waals surface area contributed by atoms with Crippen LogP contribution < -0.4 is 10.6 Å². The minimum absolute atomic E-state index is 0.287. The van der Waals surface area contributed by atoms with Crippen molar-refractivity contribution in [1.82, 2.24) is 35.2 Å². The molecule has 3 aromatic rings. The van der Waals surface area contributed by atoms with Crippen molar-refractivity contribution in [3.05, 3.63) is 46.6 Å². The number of rotatable bonds is 9. The first-order chi connectivity index (χ1) is 15.4. The van der Waals surface area contributed by atoms with Crippen molar-refractivity contribution >= 4 is 52.1 Å². The molecule has 0 aliphatic rings. The Balaban J connectivity index is 1.80. The van der Waals surface area contributed by atoms with Crippen molar-refractivity contribution in [2.24, 2.45) is 4.99 Å². The number of likely N-dealkylation sites (N-methyl/N-ethyl adjacent to an activating group) is 1. The number of methoxy groups -OCH3 is 1. The Labute approximate surface area is 193 Å². The first-order valence-electron chi connectivity index (χ1n) is 9.36. The van der Waals surface area contributed by atoms with Gasteiger partial charge in [0.2, 0.25) is 0 Å². The van der Waals surface area contributed by atoms with Gasteiger partial charge >= 0.3 is 6.03 Å². The molecule has 0 saturated carbocycles. The van der Waals surface area contributed by atoms with Crippen molar-refractivity contribution in [3.63, 3.8) is 0 Å². The predicted molar refractivity (Wildman–Crippen MR) is 125 cm³/mol. The molecule has 0 fully saturated rings. The smallest absolute Gasteiger partial charge is 0.323 e. The summed E-state index contributed by atoms with van der Waals surface area (Å²) in [4.78, 5) is 28.5. The van der Waals surface area contributed by atoms with Gasteiger partial charge in [0.1, 0.15) is 10.7 Å². The monoisotopic (exact) mass is 475 g/mol. The van der Waals surface area contributed by atoms with E-state index in [4.69, 9.17) is 16.3 Å². The van der Waals surface area contributed by atoms with Gasteiger partial charge in [-0.1, -0.05) is 11.6 Å². The minimum atomic E-state index is -0.466. The first kappa shape index (κ1) is 23.3. The van der Waals surface area contributed by atoms with Crippen LogP contribution in [0.5, 0.6) is 0 Å². The zero-order chi connectivity index (χ0) is 23.1. The second kappa shape index (κ2) is 10.8. The summed E-state index contributed by atoms with van der Waals surface area (Å²) in [5.74, 6) is 0.355. The number of carbonyl (C=O) groups excluding carboxylic acids is 1. The maximum atomic E-state index is 12.7. The van der Waals surface area contributed by atoms with E-state index in [0.717, 1.165) is 0 Å². The molecule has 0 bridgehead atoms. The number of ether oxygens (including phenoxy) is 1. The molecule has 0 aliphatic carbocycles. The summed E-state index contributed by atoms with van der Waals surface area (Å²) in [6.45, 7) is 6.47. The SMILES string of the molecule is C=Nc1scnc1/C(=C(\C)NC(=O)Nc1cnc(-n2nccn2)c(Cl)c1)N(C)CCOC. The summed E-state index contributed by atoms with van der Waals surface area (Å²) >= 11 is 7.63. The summed E-state index contributed by atoms with van der Waals surface area (Å²) in [5, 5.41) is 14.5. The Hall–Kier alpha value is -3.35. The van der Waals surface area contributed by atoms with Crippen molar-refractivity contribution in [3.8, 4) is 5.82 Å². The number of pyridine rings is 1. The normalized spacial score (nSPS) is 11.6. The quantitative estimate of drug-likeness (QED) is 0.455. The first-order valence-corrected chi connectivity index (χ1v) is 10.6. The molecule has 3 heterocycles. The second-order valence-corrected chi connectivity index (χ2v) is 7.72. The van der Waals surface area contributed by atoms with Gasteiger partial charge in [-0.3, -0.25) is 4.99 Å². The van der Waals surface area contributed by atoms with Crippen LogP contribution in [0.25, 0.3) is 11.5 Å². The molecule has 0 unspecified atom stereocenters. The third-order valence-corrected chi connectivity index (χ3v) is 5.31. The summed E-state index contributed by atoms with van der Waals surface area (Å²) in [5.41, 5.74) is 4.00. The average Bonchev–Trinajstić information content (AvgIpc) is 3.44. The van der Waals surface area contributed by atoms with E-state index in [2.05, 4.69) is 42.5 Å². The number of halogens is 1. The Bertz CT molecular complexity index is 1110. The number of hydrogen-bond donors (Lipinski definition) is 2. The fourth-order valence-electron chi connectivity index (χ4n) is 2.86. The number of nitrogens with zero attached hydrogens (tertiary/aromatic N) is 7. The fraction of sp³-hybridized carbons (Fsp3) is 0.263. The lowest BCUT2D eigenvalue weighted by Gasteiger charge is -2.24. The molecule has 32 heavy (non-hydrogen) atoms. The van der Waals surface area contributed by atoms with Gasteiger partial charge in [-0.15, -0.1) is 16.1 Å².